The zero-order chi connectivity index (χ0) is 20.3. The van der Waals surface area contributed by atoms with Crippen molar-refractivity contribution >= 4 is 29.2 Å². The molecule has 0 bridgehead atoms. The van der Waals surface area contributed by atoms with Crippen molar-refractivity contribution in [1.29, 1.82) is 0 Å². The Kier molecular flexibility index (Phi) is 7.00. The van der Waals surface area contributed by atoms with Crippen LogP contribution in [0.5, 0.6) is 0 Å². The predicted molar refractivity (Wildman–Crippen MR) is 115 cm³/mol. The van der Waals surface area contributed by atoms with Gasteiger partial charge in [-0.25, -0.2) is 4.79 Å². The first-order valence-electron chi connectivity index (χ1n) is 9.92. The number of halogens is 2. The van der Waals surface area contributed by atoms with Gasteiger partial charge in [-0.2, -0.15) is 0 Å². The van der Waals surface area contributed by atoms with E-state index in [1.165, 1.54) is 16.7 Å². The molecule has 1 aromatic heterocycles. The summed E-state index contributed by atoms with van der Waals surface area (Å²) in [4.78, 5) is 15.5. The molecule has 150 valence electrons. The molecule has 0 aliphatic heterocycles. The third kappa shape index (κ3) is 4.87. The van der Waals surface area contributed by atoms with Gasteiger partial charge in [0.05, 0.1) is 10.6 Å². The predicted octanol–water partition coefficient (Wildman–Crippen LogP) is 6.25. The zero-order valence-corrected chi connectivity index (χ0v) is 17.9. The molecule has 0 saturated heterocycles. The number of pyridine rings is 1. The standard InChI is InChI=1S/C23H27Cl2NO2/c1-14-12-26-13-18(15(14)2)6-9-19-17(7-10-21(19)24)5-3-16-4-8-20(23(27)28)22(25)11-16/h4,8,11-13,17,19,21H,3,5-7,9-10H2,1-2H3,(H,27,28)/t17-,19?,21?/m0/s1. The zero-order valence-electron chi connectivity index (χ0n) is 16.4. The summed E-state index contributed by atoms with van der Waals surface area (Å²) >= 11 is 12.8. The first-order valence-corrected chi connectivity index (χ1v) is 10.7. The molecule has 1 aliphatic rings. The van der Waals surface area contributed by atoms with E-state index in [0.29, 0.717) is 16.9 Å². The van der Waals surface area contributed by atoms with Gasteiger partial charge < -0.3 is 5.11 Å². The van der Waals surface area contributed by atoms with Crippen molar-refractivity contribution in [1.82, 2.24) is 4.98 Å². The summed E-state index contributed by atoms with van der Waals surface area (Å²) in [5.74, 6) is 0.118. The number of hydrogen-bond acceptors (Lipinski definition) is 2. The summed E-state index contributed by atoms with van der Waals surface area (Å²) in [7, 11) is 0. The number of rotatable bonds is 7. The summed E-state index contributed by atoms with van der Waals surface area (Å²) in [5.41, 5.74) is 5.15. The van der Waals surface area contributed by atoms with E-state index in [1.807, 2.05) is 18.5 Å². The number of aromatic carboxylic acids is 1. The van der Waals surface area contributed by atoms with Crippen molar-refractivity contribution in [2.75, 3.05) is 0 Å². The lowest BCUT2D eigenvalue weighted by Crippen LogP contribution is -2.17. The number of benzene rings is 1. The van der Waals surface area contributed by atoms with E-state index < -0.39 is 5.97 Å². The Hall–Kier alpha value is -1.58. The van der Waals surface area contributed by atoms with E-state index in [9.17, 15) is 4.79 Å². The Bertz CT molecular complexity index is 852. The number of carboxylic acids is 1. The summed E-state index contributed by atoms with van der Waals surface area (Å²) < 4.78 is 0. The molecule has 3 rings (SSSR count). The molecule has 1 aliphatic carbocycles. The summed E-state index contributed by atoms with van der Waals surface area (Å²) in [6, 6.07) is 5.26. The summed E-state index contributed by atoms with van der Waals surface area (Å²) in [6.07, 6.45) is 10.2. The van der Waals surface area contributed by atoms with Crippen molar-refractivity contribution in [3.05, 3.63) is 63.4 Å². The Morgan fingerprint density at radius 3 is 2.68 bits per heavy atom. The SMILES string of the molecule is Cc1cncc(CCC2C(Cl)CC[C@@H]2CCc2ccc(C(=O)O)c(Cl)c2)c1C. The molecule has 3 atom stereocenters. The minimum atomic E-state index is -0.988. The van der Waals surface area contributed by atoms with E-state index in [1.54, 1.807) is 12.1 Å². The van der Waals surface area contributed by atoms with E-state index in [4.69, 9.17) is 28.3 Å². The van der Waals surface area contributed by atoms with Gasteiger partial charge in [-0.15, -0.1) is 11.6 Å². The van der Waals surface area contributed by atoms with Gasteiger partial charge in [-0.3, -0.25) is 4.98 Å². The lowest BCUT2D eigenvalue weighted by Gasteiger charge is -2.22. The molecule has 1 fully saturated rings. The van der Waals surface area contributed by atoms with Gasteiger partial charge in [0.15, 0.2) is 0 Å². The maximum atomic E-state index is 11.1. The highest BCUT2D eigenvalue weighted by Gasteiger charge is 2.34. The van der Waals surface area contributed by atoms with Crippen LogP contribution in [0.15, 0.2) is 30.6 Å². The number of carboxylic acid groups (broad SMARTS) is 1. The van der Waals surface area contributed by atoms with Crippen LogP contribution in [0.3, 0.4) is 0 Å². The monoisotopic (exact) mass is 419 g/mol. The average Bonchev–Trinajstić information content (AvgIpc) is 3.00. The molecular weight excluding hydrogens is 393 g/mol. The lowest BCUT2D eigenvalue weighted by molar-refractivity contribution is 0.0697. The molecule has 2 unspecified atom stereocenters. The number of aryl methyl sites for hydroxylation is 3. The smallest absolute Gasteiger partial charge is 0.337 e. The van der Waals surface area contributed by atoms with Gasteiger partial charge in [0.2, 0.25) is 0 Å². The Balaban J connectivity index is 1.61. The second kappa shape index (κ2) is 9.28. The number of aromatic nitrogens is 1. The molecule has 1 aromatic carbocycles. The fourth-order valence-electron chi connectivity index (χ4n) is 4.37. The molecule has 0 spiro atoms. The van der Waals surface area contributed by atoms with Crippen molar-refractivity contribution in [3.63, 3.8) is 0 Å². The molecule has 3 nitrogen and oxygen atoms in total. The fraction of sp³-hybridized carbons (Fsp3) is 0.478. The molecule has 2 aromatic rings. The maximum Gasteiger partial charge on any atom is 0.337 e. The molecule has 1 heterocycles. The van der Waals surface area contributed by atoms with Gasteiger partial charge in [-0.05, 0) is 98.6 Å². The molecule has 0 radical (unpaired) electrons. The quantitative estimate of drug-likeness (QED) is 0.539. The van der Waals surface area contributed by atoms with E-state index >= 15 is 0 Å². The maximum absolute atomic E-state index is 11.1. The van der Waals surface area contributed by atoms with Crippen molar-refractivity contribution in [3.8, 4) is 0 Å². The first-order chi connectivity index (χ1) is 13.4. The highest BCUT2D eigenvalue weighted by Crippen LogP contribution is 2.41. The highest BCUT2D eigenvalue weighted by atomic mass is 35.5. The highest BCUT2D eigenvalue weighted by molar-refractivity contribution is 6.33. The molecule has 1 N–H and O–H groups in total. The Labute approximate surface area is 177 Å². The van der Waals surface area contributed by atoms with Crippen LogP contribution < -0.4 is 0 Å². The van der Waals surface area contributed by atoms with Crippen LogP contribution in [0.1, 0.15) is 58.3 Å². The first kappa shape index (κ1) is 21.1. The largest absolute Gasteiger partial charge is 0.478 e. The number of alkyl halides is 1. The van der Waals surface area contributed by atoms with E-state index in [2.05, 4.69) is 18.8 Å². The number of nitrogens with zero attached hydrogens (tertiary/aromatic N) is 1. The second-order valence-corrected chi connectivity index (χ2v) is 8.92. The van der Waals surface area contributed by atoms with Crippen LogP contribution in [-0.2, 0) is 12.8 Å². The number of carbonyl (C=O) groups is 1. The normalized spacial score (nSPS) is 21.8. The van der Waals surface area contributed by atoms with Crippen LogP contribution in [0.4, 0.5) is 0 Å². The minimum Gasteiger partial charge on any atom is -0.478 e. The molecule has 5 heteroatoms. The van der Waals surface area contributed by atoms with Crippen LogP contribution in [0, 0.1) is 25.7 Å². The van der Waals surface area contributed by atoms with Gasteiger partial charge in [0.1, 0.15) is 0 Å². The molecule has 28 heavy (non-hydrogen) atoms. The second-order valence-electron chi connectivity index (χ2n) is 7.95. The van der Waals surface area contributed by atoms with Gasteiger partial charge in [0.25, 0.3) is 0 Å². The molecular formula is C23H27Cl2NO2. The van der Waals surface area contributed by atoms with Gasteiger partial charge in [-0.1, -0.05) is 17.7 Å². The fourth-order valence-corrected chi connectivity index (χ4v) is 5.11. The van der Waals surface area contributed by atoms with Crippen LogP contribution in [-0.4, -0.2) is 21.4 Å². The number of hydrogen-bond donors (Lipinski definition) is 1. The van der Waals surface area contributed by atoms with E-state index in [-0.39, 0.29) is 10.9 Å². The third-order valence-electron chi connectivity index (χ3n) is 6.27. The summed E-state index contributed by atoms with van der Waals surface area (Å²) in [5, 5.41) is 9.66. The van der Waals surface area contributed by atoms with Gasteiger partial charge >= 0.3 is 5.97 Å². The molecule has 1 saturated carbocycles. The lowest BCUT2D eigenvalue weighted by atomic mass is 9.85. The van der Waals surface area contributed by atoms with E-state index in [0.717, 1.165) is 44.1 Å². The van der Waals surface area contributed by atoms with Crippen molar-refractivity contribution in [2.24, 2.45) is 11.8 Å². The van der Waals surface area contributed by atoms with Gasteiger partial charge in [0, 0.05) is 17.8 Å². The third-order valence-corrected chi connectivity index (χ3v) is 7.12. The van der Waals surface area contributed by atoms with Crippen molar-refractivity contribution < 1.29 is 9.90 Å². The van der Waals surface area contributed by atoms with Crippen LogP contribution in [0.25, 0.3) is 0 Å². The van der Waals surface area contributed by atoms with Crippen LogP contribution in [0.2, 0.25) is 5.02 Å². The molecule has 0 amide bonds. The Morgan fingerprint density at radius 2 is 1.96 bits per heavy atom. The minimum absolute atomic E-state index is 0.159. The topological polar surface area (TPSA) is 50.2 Å². The van der Waals surface area contributed by atoms with Crippen LogP contribution >= 0.6 is 23.2 Å². The Morgan fingerprint density at radius 1 is 1.18 bits per heavy atom. The average molecular weight is 420 g/mol. The summed E-state index contributed by atoms with van der Waals surface area (Å²) in [6.45, 7) is 4.27. The van der Waals surface area contributed by atoms with Crippen molar-refractivity contribution in [2.45, 2.75) is 57.7 Å².